The summed E-state index contributed by atoms with van der Waals surface area (Å²) in [6.45, 7) is 5.84. The molecular formula is C29H34N8O3S2. The Labute approximate surface area is 252 Å². The molecule has 0 spiro atoms. The number of piperazine rings is 1. The Hall–Kier alpha value is -4.04. The lowest BCUT2D eigenvalue weighted by atomic mass is 10.1. The summed E-state index contributed by atoms with van der Waals surface area (Å²) in [4.78, 5) is 39.7. The van der Waals surface area contributed by atoms with Gasteiger partial charge in [-0.2, -0.15) is 0 Å². The molecule has 0 saturated carbocycles. The first kappa shape index (κ1) is 29.5. The Bertz CT molecular complexity index is 1530. The van der Waals surface area contributed by atoms with Crippen molar-refractivity contribution in [3.63, 3.8) is 0 Å². The van der Waals surface area contributed by atoms with Crippen LogP contribution in [0.4, 0.5) is 21.4 Å². The highest BCUT2D eigenvalue weighted by molar-refractivity contribution is 7.23. The fourth-order valence-electron chi connectivity index (χ4n) is 4.49. The van der Waals surface area contributed by atoms with Gasteiger partial charge in [-0.15, -0.1) is 11.3 Å². The fraction of sp³-hybridized carbons (Fsp3) is 0.310. The zero-order chi connectivity index (χ0) is 29.5. The van der Waals surface area contributed by atoms with Crippen LogP contribution < -0.4 is 26.4 Å². The average Bonchev–Trinajstić information content (AvgIpc) is 3.63. The molecule has 3 heterocycles. The van der Waals surface area contributed by atoms with Gasteiger partial charge in [0.2, 0.25) is 0 Å². The molecule has 1 aliphatic rings. The molecule has 1 saturated heterocycles. The maximum absolute atomic E-state index is 12.7. The third-order valence-corrected chi connectivity index (χ3v) is 8.84. The van der Waals surface area contributed by atoms with Gasteiger partial charge in [0.15, 0.2) is 5.13 Å². The van der Waals surface area contributed by atoms with Gasteiger partial charge in [-0.1, -0.05) is 29.5 Å². The van der Waals surface area contributed by atoms with Crippen LogP contribution in [0.5, 0.6) is 5.75 Å². The summed E-state index contributed by atoms with van der Waals surface area (Å²) in [5.41, 5.74) is 8.93. The van der Waals surface area contributed by atoms with Crippen LogP contribution in [0.1, 0.15) is 16.8 Å². The minimum absolute atomic E-state index is 0.235. The number of carbonyl (C=O) groups excluding carboxylic acids is 2. The van der Waals surface area contributed by atoms with Gasteiger partial charge in [0.1, 0.15) is 21.5 Å². The summed E-state index contributed by atoms with van der Waals surface area (Å²) in [7, 11) is 3.70. The summed E-state index contributed by atoms with van der Waals surface area (Å²) in [5.74, 6) is 0.691. The Morgan fingerprint density at radius 2 is 1.86 bits per heavy atom. The molecular weight excluding hydrogens is 573 g/mol. The maximum Gasteiger partial charge on any atom is 0.321 e. The first-order chi connectivity index (χ1) is 20.4. The summed E-state index contributed by atoms with van der Waals surface area (Å²) < 4.78 is 5.22. The number of hydrogen-bond donors (Lipinski definition) is 4. The molecule has 0 bridgehead atoms. The van der Waals surface area contributed by atoms with Crippen LogP contribution in [-0.4, -0.2) is 85.1 Å². The summed E-state index contributed by atoms with van der Waals surface area (Å²) in [6, 6.07) is 14.2. The van der Waals surface area contributed by atoms with E-state index in [1.54, 1.807) is 31.4 Å². The average molecular weight is 607 g/mol. The van der Waals surface area contributed by atoms with E-state index in [-0.39, 0.29) is 11.9 Å². The lowest BCUT2D eigenvalue weighted by molar-refractivity contribution is 0.102. The van der Waals surface area contributed by atoms with Crippen LogP contribution in [0.3, 0.4) is 0 Å². The van der Waals surface area contributed by atoms with Gasteiger partial charge in [0, 0.05) is 54.9 Å². The van der Waals surface area contributed by atoms with Crippen molar-refractivity contribution in [2.75, 3.05) is 69.8 Å². The number of ether oxygens (including phenoxy) is 1. The van der Waals surface area contributed by atoms with Gasteiger partial charge in [0.25, 0.3) is 5.91 Å². The summed E-state index contributed by atoms with van der Waals surface area (Å²) >= 11 is 2.72. The second-order valence-corrected chi connectivity index (χ2v) is 11.8. The van der Waals surface area contributed by atoms with Crippen molar-refractivity contribution in [1.82, 2.24) is 25.1 Å². The zero-order valence-electron chi connectivity index (χ0n) is 23.6. The van der Waals surface area contributed by atoms with E-state index < -0.39 is 0 Å². The number of carbonyl (C=O) groups is 2. The number of rotatable bonds is 10. The van der Waals surface area contributed by atoms with E-state index in [0.717, 1.165) is 50.4 Å². The Morgan fingerprint density at radius 1 is 1.05 bits per heavy atom. The molecule has 4 aromatic rings. The largest absolute Gasteiger partial charge is 0.497 e. The van der Waals surface area contributed by atoms with Crippen LogP contribution in [-0.2, 0) is 0 Å². The van der Waals surface area contributed by atoms with E-state index in [0.29, 0.717) is 44.4 Å². The number of thiazole rings is 2. The molecule has 1 aliphatic heterocycles. The van der Waals surface area contributed by atoms with Crippen molar-refractivity contribution in [3.8, 4) is 26.9 Å². The SMILES string of the molecule is COc1cccc(C(=O)Nc2cccc(-c3csc(-c4sc(NC(=O)NCCCN5CCN(C)CC5)nc4N)n3)c2)c1. The molecule has 220 valence electrons. The van der Waals surface area contributed by atoms with E-state index in [4.69, 9.17) is 15.5 Å². The number of nitrogens with one attached hydrogen (secondary N) is 3. The van der Waals surface area contributed by atoms with Gasteiger partial charge in [-0.05, 0) is 50.3 Å². The first-order valence-corrected chi connectivity index (χ1v) is 15.3. The third-order valence-electron chi connectivity index (χ3n) is 6.85. The molecule has 0 atom stereocenters. The van der Waals surface area contributed by atoms with Gasteiger partial charge in [0.05, 0.1) is 12.8 Å². The van der Waals surface area contributed by atoms with Crippen LogP contribution in [0.2, 0.25) is 0 Å². The van der Waals surface area contributed by atoms with Crippen molar-refractivity contribution in [2.24, 2.45) is 0 Å². The summed E-state index contributed by atoms with van der Waals surface area (Å²) in [6.07, 6.45) is 0.885. The van der Waals surface area contributed by atoms with Crippen molar-refractivity contribution < 1.29 is 14.3 Å². The zero-order valence-corrected chi connectivity index (χ0v) is 25.2. The molecule has 42 heavy (non-hydrogen) atoms. The van der Waals surface area contributed by atoms with Crippen LogP contribution in [0, 0.1) is 0 Å². The predicted octanol–water partition coefficient (Wildman–Crippen LogP) is 4.54. The number of anilines is 3. The van der Waals surface area contributed by atoms with Crippen molar-refractivity contribution >= 4 is 51.2 Å². The monoisotopic (exact) mass is 606 g/mol. The quantitative estimate of drug-likeness (QED) is 0.193. The molecule has 1 fully saturated rings. The minimum atomic E-state index is -0.304. The van der Waals surface area contributed by atoms with E-state index in [2.05, 4.69) is 37.8 Å². The molecule has 2 aromatic carbocycles. The van der Waals surface area contributed by atoms with Crippen LogP contribution in [0.25, 0.3) is 21.1 Å². The number of nitrogens with zero attached hydrogens (tertiary/aromatic N) is 4. The Morgan fingerprint density at radius 3 is 2.67 bits per heavy atom. The number of benzene rings is 2. The van der Waals surface area contributed by atoms with Gasteiger partial charge >= 0.3 is 6.03 Å². The fourth-order valence-corrected chi connectivity index (χ4v) is 6.30. The lowest BCUT2D eigenvalue weighted by Crippen LogP contribution is -2.45. The number of nitrogens with two attached hydrogens (primary N) is 1. The second-order valence-electron chi connectivity index (χ2n) is 9.92. The second kappa shape index (κ2) is 13.7. The van der Waals surface area contributed by atoms with E-state index in [1.165, 1.54) is 22.7 Å². The minimum Gasteiger partial charge on any atom is -0.497 e. The van der Waals surface area contributed by atoms with Crippen molar-refractivity contribution in [2.45, 2.75) is 6.42 Å². The van der Waals surface area contributed by atoms with E-state index >= 15 is 0 Å². The smallest absolute Gasteiger partial charge is 0.321 e. The standard InChI is InChI=1S/C29H34N8O3S2/c1-36-12-14-37(15-13-36)11-5-10-31-28(39)35-29-34-25(30)24(42-29)27-33-23(18-41-27)19-6-3-8-21(16-19)32-26(38)20-7-4-9-22(17-20)40-2/h3-4,6-9,16-18H,5,10-15,30H2,1-2H3,(H,32,38)(H2,31,34,35,39). The third kappa shape index (κ3) is 7.62. The summed E-state index contributed by atoms with van der Waals surface area (Å²) in [5, 5.41) is 11.7. The number of amides is 3. The maximum atomic E-state index is 12.7. The van der Waals surface area contributed by atoms with Gasteiger partial charge in [-0.25, -0.2) is 14.8 Å². The topological polar surface area (TPSA) is 138 Å². The van der Waals surface area contributed by atoms with E-state index in [9.17, 15) is 9.59 Å². The van der Waals surface area contributed by atoms with Crippen LogP contribution in [0.15, 0.2) is 53.9 Å². The lowest BCUT2D eigenvalue weighted by Gasteiger charge is -2.32. The number of hydrogen-bond acceptors (Lipinski definition) is 10. The first-order valence-electron chi connectivity index (χ1n) is 13.6. The van der Waals surface area contributed by atoms with Crippen LogP contribution >= 0.6 is 22.7 Å². The molecule has 0 aliphatic carbocycles. The Balaban J connectivity index is 1.16. The normalized spacial score (nSPS) is 14.0. The molecule has 13 heteroatoms. The molecule has 5 N–H and O–H groups in total. The number of nitrogen functional groups attached to an aromatic ring is 1. The molecule has 0 unspecified atom stereocenters. The highest BCUT2D eigenvalue weighted by Crippen LogP contribution is 2.38. The molecule has 11 nitrogen and oxygen atoms in total. The number of likely N-dealkylation sites (N-methyl/N-ethyl adjacent to an activating group) is 1. The highest BCUT2D eigenvalue weighted by atomic mass is 32.1. The van der Waals surface area contributed by atoms with Crippen molar-refractivity contribution in [1.29, 1.82) is 0 Å². The van der Waals surface area contributed by atoms with Crippen molar-refractivity contribution in [3.05, 3.63) is 59.5 Å². The number of methoxy groups -OCH3 is 1. The van der Waals surface area contributed by atoms with E-state index in [1.807, 2.05) is 29.6 Å². The number of aromatic nitrogens is 2. The Kier molecular flexibility index (Phi) is 9.64. The van der Waals surface area contributed by atoms with Gasteiger partial charge in [-0.3, -0.25) is 10.1 Å². The molecule has 3 amide bonds. The predicted molar refractivity (Wildman–Crippen MR) is 170 cm³/mol. The highest BCUT2D eigenvalue weighted by Gasteiger charge is 2.17. The molecule has 5 rings (SSSR count). The molecule has 0 radical (unpaired) electrons. The number of urea groups is 1. The van der Waals surface area contributed by atoms with Gasteiger partial charge < -0.3 is 30.9 Å². The molecule has 2 aromatic heterocycles.